The highest BCUT2D eigenvalue weighted by Gasteiger charge is 2.45. The van der Waals surface area contributed by atoms with Gasteiger partial charge in [0.25, 0.3) is 0 Å². The van der Waals surface area contributed by atoms with Crippen molar-refractivity contribution in [2.24, 2.45) is 5.10 Å². The lowest BCUT2D eigenvalue weighted by Gasteiger charge is -2.26. The smallest absolute Gasteiger partial charge is 0.390 e. The first-order valence-corrected chi connectivity index (χ1v) is 9.14. The topological polar surface area (TPSA) is 203 Å². The van der Waals surface area contributed by atoms with Crippen LogP contribution in [0.1, 0.15) is 18.0 Å². The molecule has 180 valence electrons. The molecule has 34 heavy (non-hydrogen) atoms. The van der Waals surface area contributed by atoms with Crippen LogP contribution in [0.15, 0.2) is 23.6 Å². The molecule has 2 aliphatic rings. The molecule has 2 aliphatic heterocycles. The Balaban J connectivity index is 1.69. The van der Waals surface area contributed by atoms with Gasteiger partial charge >= 0.3 is 23.5 Å². The third-order valence-electron chi connectivity index (χ3n) is 4.96. The minimum absolute atomic E-state index is 0.0227. The molecule has 3 heterocycles. The van der Waals surface area contributed by atoms with Gasteiger partial charge in [-0.25, -0.2) is 0 Å². The largest absolute Gasteiger partial charge is 0.490 e. The molecule has 3 atom stereocenters. The summed E-state index contributed by atoms with van der Waals surface area (Å²) < 4.78 is 51.3. The highest BCUT2D eigenvalue weighted by Crippen LogP contribution is 2.41. The molecule has 16 nitrogen and oxygen atoms in total. The molecule has 0 saturated carbocycles. The van der Waals surface area contributed by atoms with Crippen molar-refractivity contribution in [3.63, 3.8) is 0 Å². The van der Waals surface area contributed by atoms with E-state index in [2.05, 4.69) is 20.6 Å². The number of nitro benzene ring substituents is 2. The molecular formula is C15H11F3N8O8. The van der Waals surface area contributed by atoms with Crippen LogP contribution in [0.4, 0.5) is 36.2 Å². The zero-order valence-electron chi connectivity index (χ0n) is 16.4. The molecule has 0 spiro atoms. The summed E-state index contributed by atoms with van der Waals surface area (Å²) >= 11 is 0. The minimum Gasteiger partial charge on any atom is -0.390 e. The number of benzene rings is 1. The summed E-state index contributed by atoms with van der Waals surface area (Å²) in [5.41, 5.74) is -2.80. The molecule has 3 unspecified atom stereocenters. The number of hydrazone groups is 1. The van der Waals surface area contributed by atoms with Gasteiger partial charge in [-0.2, -0.15) is 23.0 Å². The highest BCUT2D eigenvalue weighted by atomic mass is 19.4. The van der Waals surface area contributed by atoms with E-state index in [1.807, 2.05) is 0 Å². The fourth-order valence-corrected chi connectivity index (χ4v) is 3.42. The molecule has 1 aromatic carbocycles. The zero-order chi connectivity index (χ0) is 24.8. The number of nitrogens with one attached hydrogen (secondary N) is 1. The van der Waals surface area contributed by atoms with Crippen molar-refractivity contribution >= 4 is 28.7 Å². The van der Waals surface area contributed by atoms with Gasteiger partial charge in [-0.05, 0) is 4.92 Å². The van der Waals surface area contributed by atoms with E-state index in [4.69, 9.17) is 9.47 Å². The number of rotatable bonds is 6. The molecule has 19 heteroatoms. The maximum Gasteiger partial charge on any atom is 0.490 e. The molecule has 4 rings (SSSR count). The highest BCUT2D eigenvalue weighted by molar-refractivity contribution is 5.90. The van der Waals surface area contributed by atoms with E-state index in [9.17, 15) is 43.5 Å². The second kappa shape index (κ2) is 8.26. The first kappa shape index (κ1) is 22.9. The summed E-state index contributed by atoms with van der Waals surface area (Å²) in [4.78, 5) is 33.8. The van der Waals surface area contributed by atoms with Crippen LogP contribution in [0, 0.1) is 30.3 Å². The molecule has 2 saturated heterocycles. The molecule has 2 bridgehead atoms. The molecular weight excluding hydrogens is 477 g/mol. The van der Waals surface area contributed by atoms with E-state index in [0.29, 0.717) is 0 Å². The maximum absolute atomic E-state index is 13.1. The Morgan fingerprint density at radius 2 is 1.76 bits per heavy atom. The quantitative estimate of drug-likeness (QED) is 0.461. The van der Waals surface area contributed by atoms with E-state index in [1.54, 1.807) is 0 Å². The maximum atomic E-state index is 13.1. The summed E-state index contributed by atoms with van der Waals surface area (Å²) in [6.07, 6.45) is -5.66. The van der Waals surface area contributed by atoms with E-state index in [1.165, 1.54) is 0 Å². The number of fused-ring (bicyclic) bond motifs is 2. The number of anilines is 1. The molecule has 1 N–H and O–H groups in total. The second-order valence-electron chi connectivity index (χ2n) is 7.01. The molecule has 2 fully saturated rings. The van der Waals surface area contributed by atoms with Gasteiger partial charge in [0.2, 0.25) is 12.0 Å². The lowest BCUT2D eigenvalue weighted by Crippen LogP contribution is -2.37. The van der Waals surface area contributed by atoms with Crippen molar-refractivity contribution in [2.45, 2.75) is 31.0 Å². The van der Waals surface area contributed by atoms with Gasteiger partial charge in [-0.3, -0.25) is 25.7 Å². The van der Waals surface area contributed by atoms with Gasteiger partial charge in [0.05, 0.1) is 27.7 Å². The zero-order valence-corrected chi connectivity index (χ0v) is 16.4. The first-order valence-electron chi connectivity index (χ1n) is 9.14. The van der Waals surface area contributed by atoms with Crippen LogP contribution in [0.2, 0.25) is 0 Å². The van der Waals surface area contributed by atoms with Crippen LogP contribution in [0.25, 0.3) is 0 Å². The number of nitro groups is 3. The fourth-order valence-electron chi connectivity index (χ4n) is 3.42. The van der Waals surface area contributed by atoms with Crippen LogP contribution in [-0.2, 0) is 15.7 Å². The lowest BCUT2D eigenvalue weighted by molar-refractivity contribution is -0.394. The van der Waals surface area contributed by atoms with Gasteiger partial charge in [0.1, 0.15) is 12.1 Å². The second-order valence-corrected chi connectivity index (χ2v) is 7.01. The van der Waals surface area contributed by atoms with Crippen LogP contribution >= 0.6 is 0 Å². The normalized spacial score (nSPS) is 23.1. The number of ether oxygens (including phenoxy) is 2. The number of hydrogen-bond acceptors (Lipinski definition) is 12. The van der Waals surface area contributed by atoms with E-state index in [-0.39, 0.29) is 30.9 Å². The fraction of sp³-hybridized carbons (Fsp3) is 0.400. The average Bonchev–Trinajstić information content (AvgIpc) is 3.40. The number of hydrogen-bond donors (Lipinski definition) is 1. The summed E-state index contributed by atoms with van der Waals surface area (Å²) in [5, 5.41) is 41.1. The summed E-state index contributed by atoms with van der Waals surface area (Å²) in [6, 6.07) is -0.406. The number of alkyl halides is 3. The van der Waals surface area contributed by atoms with Gasteiger partial charge in [-0.1, -0.05) is 4.98 Å². The van der Waals surface area contributed by atoms with Crippen molar-refractivity contribution in [1.82, 2.24) is 14.8 Å². The summed E-state index contributed by atoms with van der Waals surface area (Å²) in [5.74, 6) is -0.673. The molecule has 2 aromatic rings. The Labute approximate surface area is 184 Å². The minimum atomic E-state index is -5.07. The monoisotopic (exact) mass is 488 g/mol. The van der Waals surface area contributed by atoms with Crippen molar-refractivity contribution < 1.29 is 37.4 Å². The van der Waals surface area contributed by atoms with Crippen molar-refractivity contribution in [3.8, 4) is 0 Å². The van der Waals surface area contributed by atoms with E-state index >= 15 is 0 Å². The molecule has 0 radical (unpaired) electrons. The van der Waals surface area contributed by atoms with Crippen molar-refractivity contribution in [2.75, 3.05) is 12.0 Å². The average molecular weight is 488 g/mol. The molecule has 0 amide bonds. The summed E-state index contributed by atoms with van der Waals surface area (Å²) in [6.45, 7) is 0.0303. The Hall–Kier alpha value is -4.26. The number of nitrogens with zero attached hydrogens (tertiary/aromatic N) is 7. The van der Waals surface area contributed by atoms with Crippen LogP contribution < -0.4 is 5.43 Å². The van der Waals surface area contributed by atoms with Crippen LogP contribution in [0.5, 0.6) is 0 Å². The SMILES string of the molecule is O=[N+]([O-])c1ncn(C2C/C(=N/Nc3c([N+](=O)[O-])cc(C(F)(F)F)cc3[N+](=O)[O-])C3OCC2O3)n1. The van der Waals surface area contributed by atoms with Crippen LogP contribution in [0.3, 0.4) is 0 Å². The van der Waals surface area contributed by atoms with Gasteiger partial charge in [0, 0.05) is 23.7 Å². The summed E-state index contributed by atoms with van der Waals surface area (Å²) in [7, 11) is 0. The Morgan fingerprint density at radius 1 is 1.12 bits per heavy atom. The Kier molecular flexibility index (Phi) is 5.57. The van der Waals surface area contributed by atoms with E-state index in [0.717, 1.165) is 11.0 Å². The molecule has 0 aliphatic carbocycles. The number of aromatic nitrogens is 3. The first-order chi connectivity index (χ1) is 16.0. The van der Waals surface area contributed by atoms with Gasteiger partial charge < -0.3 is 19.6 Å². The molecule has 1 aromatic heterocycles. The predicted octanol–water partition coefficient (Wildman–Crippen LogP) is 2.18. The third-order valence-corrected chi connectivity index (χ3v) is 4.96. The van der Waals surface area contributed by atoms with E-state index < -0.39 is 68.0 Å². The van der Waals surface area contributed by atoms with Gasteiger partial charge in [0.15, 0.2) is 6.29 Å². The van der Waals surface area contributed by atoms with Gasteiger partial charge in [-0.15, -0.1) is 0 Å². The lowest BCUT2D eigenvalue weighted by atomic mass is 10.0. The standard InChI is InChI=1S/C15H11F3N8O8/c16-15(17,18)6-1-9(24(27)28)12(10(2-6)25(29)30)21-20-7-3-8(11-4-33-13(7)34-11)23-5-19-14(22-23)26(31)32/h1-2,5,8,11,13,21H,3-4H2/b20-7-. The Morgan fingerprint density at radius 3 is 2.29 bits per heavy atom. The Bertz CT molecular complexity index is 1180. The van der Waals surface area contributed by atoms with Crippen LogP contribution in [-0.4, -0.2) is 54.2 Å². The van der Waals surface area contributed by atoms with Crippen molar-refractivity contribution in [3.05, 3.63) is 54.4 Å². The third kappa shape index (κ3) is 4.20. The predicted molar refractivity (Wildman–Crippen MR) is 101 cm³/mol. The van der Waals surface area contributed by atoms with Crippen molar-refractivity contribution in [1.29, 1.82) is 0 Å². The number of halogens is 3.